The molecule has 1 aromatic carbocycles. The normalized spacial score (nSPS) is 17.4. The Balaban J connectivity index is 1.56. The van der Waals surface area contributed by atoms with Crippen LogP contribution in [0, 0.1) is 0 Å². The summed E-state index contributed by atoms with van der Waals surface area (Å²) in [5, 5.41) is 13.0. The van der Waals surface area contributed by atoms with Crippen LogP contribution in [0.1, 0.15) is 36.0 Å². The molecule has 2 N–H and O–H groups in total. The van der Waals surface area contributed by atoms with Gasteiger partial charge in [-0.05, 0) is 38.1 Å². The van der Waals surface area contributed by atoms with Crippen LogP contribution in [0.2, 0.25) is 0 Å². The molecule has 24 heavy (non-hydrogen) atoms. The van der Waals surface area contributed by atoms with Crippen LogP contribution in [0.5, 0.6) is 0 Å². The molecule has 128 valence electrons. The van der Waals surface area contributed by atoms with Crippen LogP contribution in [0.15, 0.2) is 30.6 Å². The summed E-state index contributed by atoms with van der Waals surface area (Å²) in [6.07, 6.45) is 7.54. The molecule has 0 spiro atoms. The summed E-state index contributed by atoms with van der Waals surface area (Å²) in [4.78, 5) is 23.1. The molecule has 1 atom stereocenters. The van der Waals surface area contributed by atoms with Crippen LogP contribution in [-0.2, 0) is 0 Å². The number of hydrogen-bond acceptors (Lipinski definition) is 5. The highest BCUT2D eigenvalue weighted by Gasteiger charge is 2.16. The number of amides is 1. The number of rotatable bonds is 5. The third-order valence-corrected chi connectivity index (χ3v) is 4.41. The number of carbonyl (C=O) groups excluding carboxylic acids is 1. The van der Waals surface area contributed by atoms with E-state index in [-0.39, 0.29) is 12.5 Å². The molecule has 1 aliphatic heterocycles. The molecule has 0 radical (unpaired) electrons. The zero-order valence-electron chi connectivity index (χ0n) is 13.8. The highest BCUT2D eigenvalue weighted by atomic mass is 16.3. The Bertz CT molecular complexity index is 678. The van der Waals surface area contributed by atoms with Gasteiger partial charge < -0.3 is 15.3 Å². The molecule has 0 saturated carbocycles. The Morgan fingerprint density at radius 3 is 2.71 bits per heavy atom. The smallest absolute Gasteiger partial charge is 0.253 e. The Morgan fingerprint density at radius 1 is 1.17 bits per heavy atom. The monoisotopic (exact) mass is 328 g/mol. The number of aliphatic hydroxyl groups excluding tert-OH is 1. The number of para-hydroxylation sites is 1. The van der Waals surface area contributed by atoms with Gasteiger partial charge in [-0.2, -0.15) is 0 Å². The van der Waals surface area contributed by atoms with Crippen LogP contribution >= 0.6 is 0 Å². The summed E-state index contributed by atoms with van der Waals surface area (Å²) < 4.78 is 0. The summed E-state index contributed by atoms with van der Waals surface area (Å²) in [5.74, 6) is -0.226. The lowest BCUT2D eigenvalue weighted by molar-refractivity contribution is 0.0864. The van der Waals surface area contributed by atoms with Crippen molar-refractivity contribution in [3.05, 3.63) is 36.2 Å². The van der Waals surface area contributed by atoms with Gasteiger partial charge in [0.25, 0.3) is 5.91 Å². The second-order valence-corrected chi connectivity index (χ2v) is 6.31. The second kappa shape index (κ2) is 8.17. The van der Waals surface area contributed by atoms with Crippen molar-refractivity contribution in [2.45, 2.75) is 31.8 Å². The number of benzene rings is 1. The first-order chi connectivity index (χ1) is 11.7. The fourth-order valence-corrected chi connectivity index (χ4v) is 3.16. The maximum Gasteiger partial charge on any atom is 0.253 e. The molecule has 1 saturated heterocycles. The van der Waals surface area contributed by atoms with Crippen molar-refractivity contribution in [2.75, 3.05) is 26.2 Å². The minimum Gasteiger partial charge on any atom is -0.390 e. The van der Waals surface area contributed by atoms with Gasteiger partial charge in [-0.1, -0.05) is 18.9 Å². The van der Waals surface area contributed by atoms with Gasteiger partial charge in [0.1, 0.15) is 5.52 Å². The number of nitrogens with one attached hydrogen (secondary N) is 1. The fraction of sp³-hybridized carbons (Fsp3) is 0.500. The van der Waals surface area contributed by atoms with E-state index in [0.717, 1.165) is 13.1 Å². The summed E-state index contributed by atoms with van der Waals surface area (Å²) in [5.41, 5.74) is 1.76. The van der Waals surface area contributed by atoms with Gasteiger partial charge in [0.05, 0.1) is 17.2 Å². The molecule has 1 aromatic heterocycles. The van der Waals surface area contributed by atoms with Crippen molar-refractivity contribution in [2.24, 2.45) is 0 Å². The number of nitrogens with zero attached hydrogens (tertiary/aromatic N) is 3. The van der Waals surface area contributed by atoms with E-state index in [4.69, 9.17) is 0 Å². The summed E-state index contributed by atoms with van der Waals surface area (Å²) in [7, 11) is 0. The number of fused-ring (bicyclic) bond motifs is 1. The fourth-order valence-electron chi connectivity index (χ4n) is 3.16. The zero-order valence-corrected chi connectivity index (χ0v) is 13.8. The van der Waals surface area contributed by atoms with E-state index in [1.165, 1.54) is 25.7 Å². The van der Waals surface area contributed by atoms with Crippen molar-refractivity contribution in [3.63, 3.8) is 0 Å². The van der Waals surface area contributed by atoms with Crippen LogP contribution in [0.4, 0.5) is 0 Å². The van der Waals surface area contributed by atoms with Crippen LogP contribution in [0.25, 0.3) is 11.0 Å². The third-order valence-electron chi connectivity index (χ3n) is 4.41. The van der Waals surface area contributed by atoms with E-state index >= 15 is 0 Å². The maximum atomic E-state index is 12.4. The number of aliphatic hydroxyl groups is 1. The van der Waals surface area contributed by atoms with Gasteiger partial charge in [0, 0.05) is 25.5 Å². The minimum absolute atomic E-state index is 0.226. The lowest BCUT2D eigenvalue weighted by atomic mass is 10.1. The first-order valence-corrected chi connectivity index (χ1v) is 8.62. The molecular formula is C18H24N4O2. The molecule has 1 unspecified atom stereocenters. The number of hydrogen-bond donors (Lipinski definition) is 2. The van der Waals surface area contributed by atoms with Gasteiger partial charge >= 0.3 is 0 Å². The molecule has 1 aliphatic rings. The predicted octanol–water partition coefficient (Wildman–Crippen LogP) is 1.60. The quantitative estimate of drug-likeness (QED) is 0.871. The maximum absolute atomic E-state index is 12.4. The average molecular weight is 328 g/mol. The molecule has 2 heterocycles. The number of likely N-dealkylation sites (tertiary alicyclic amines) is 1. The van der Waals surface area contributed by atoms with Crippen LogP contribution in [0.3, 0.4) is 0 Å². The lowest BCUT2D eigenvalue weighted by Gasteiger charge is -2.23. The Kier molecular flexibility index (Phi) is 5.72. The van der Waals surface area contributed by atoms with Crippen LogP contribution in [-0.4, -0.2) is 58.2 Å². The Labute approximate surface area is 141 Å². The molecule has 2 aromatic rings. The molecule has 6 heteroatoms. The SMILES string of the molecule is O=C(NCC(O)CN1CCCCCC1)c1cccc2nccnc12. The third kappa shape index (κ3) is 4.27. The van der Waals surface area contributed by atoms with Gasteiger partial charge in [-0.3, -0.25) is 14.8 Å². The molecule has 6 nitrogen and oxygen atoms in total. The first-order valence-electron chi connectivity index (χ1n) is 8.62. The topological polar surface area (TPSA) is 78.4 Å². The molecule has 1 amide bonds. The number of β-amino-alcohol motifs (C(OH)–C–C–N with tert-alkyl or cyclic N) is 1. The van der Waals surface area contributed by atoms with Crippen molar-refractivity contribution in [1.29, 1.82) is 0 Å². The molecule has 1 fully saturated rings. The molecule has 0 aliphatic carbocycles. The van der Waals surface area contributed by atoms with Gasteiger partial charge in [-0.25, -0.2) is 0 Å². The van der Waals surface area contributed by atoms with Crippen molar-refractivity contribution < 1.29 is 9.90 Å². The summed E-state index contributed by atoms with van der Waals surface area (Å²) in [6.45, 7) is 2.91. The van der Waals surface area contributed by atoms with E-state index in [2.05, 4.69) is 20.2 Å². The van der Waals surface area contributed by atoms with E-state index in [1.807, 2.05) is 6.07 Å². The largest absolute Gasteiger partial charge is 0.390 e. The van der Waals surface area contributed by atoms with E-state index in [9.17, 15) is 9.90 Å². The second-order valence-electron chi connectivity index (χ2n) is 6.31. The first kappa shape index (κ1) is 16.8. The van der Waals surface area contributed by atoms with E-state index in [1.54, 1.807) is 24.5 Å². The molecular weight excluding hydrogens is 304 g/mol. The lowest BCUT2D eigenvalue weighted by Crippen LogP contribution is -2.40. The number of aromatic nitrogens is 2. The number of carbonyl (C=O) groups is 1. The molecule has 0 bridgehead atoms. The van der Waals surface area contributed by atoms with Gasteiger partial charge in [0.2, 0.25) is 0 Å². The van der Waals surface area contributed by atoms with Crippen molar-refractivity contribution >= 4 is 16.9 Å². The van der Waals surface area contributed by atoms with Gasteiger partial charge in [0.15, 0.2) is 0 Å². The average Bonchev–Trinajstić information content (AvgIpc) is 2.88. The highest BCUT2D eigenvalue weighted by Crippen LogP contribution is 2.13. The van der Waals surface area contributed by atoms with E-state index < -0.39 is 6.10 Å². The minimum atomic E-state index is -0.562. The standard InChI is InChI=1S/C18H24N4O2/c23-14(13-22-10-3-1-2-4-11-22)12-21-18(24)15-6-5-7-16-17(15)20-9-8-19-16/h5-9,14,23H,1-4,10-13H2,(H,21,24). The predicted molar refractivity (Wildman–Crippen MR) is 92.8 cm³/mol. The van der Waals surface area contributed by atoms with Gasteiger partial charge in [-0.15, -0.1) is 0 Å². The Morgan fingerprint density at radius 2 is 1.92 bits per heavy atom. The zero-order chi connectivity index (χ0) is 16.8. The van der Waals surface area contributed by atoms with E-state index in [0.29, 0.717) is 23.1 Å². The molecule has 3 rings (SSSR count). The van der Waals surface area contributed by atoms with Crippen molar-refractivity contribution in [3.8, 4) is 0 Å². The van der Waals surface area contributed by atoms with Crippen LogP contribution < -0.4 is 5.32 Å². The Hall–Kier alpha value is -2.05. The summed E-state index contributed by atoms with van der Waals surface area (Å²) >= 11 is 0. The summed E-state index contributed by atoms with van der Waals surface area (Å²) in [6, 6.07) is 5.35. The highest BCUT2D eigenvalue weighted by molar-refractivity contribution is 6.04. The van der Waals surface area contributed by atoms with Crippen molar-refractivity contribution in [1.82, 2.24) is 20.2 Å².